The summed E-state index contributed by atoms with van der Waals surface area (Å²) in [4.78, 5) is 11.7. The zero-order valence-corrected chi connectivity index (χ0v) is 12.7. The number of amides is 1. The summed E-state index contributed by atoms with van der Waals surface area (Å²) in [5, 5.41) is 2.78. The van der Waals surface area contributed by atoms with Gasteiger partial charge in [-0.15, -0.1) is 0 Å². The summed E-state index contributed by atoms with van der Waals surface area (Å²) in [6.07, 6.45) is 0.744. The SMILES string of the molecule is COCCOCCCOCC(=O)Nc1cc(N)ccc1C. The minimum Gasteiger partial charge on any atom is -0.399 e. The molecule has 0 unspecified atom stereocenters. The lowest BCUT2D eigenvalue weighted by molar-refractivity contribution is -0.120. The fourth-order valence-corrected chi connectivity index (χ4v) is 1.63. The maximum Gasteiger partial charge on any atom is 0.250 e. The molecule has 0 spiro atoms. The molecule has 1 amide bonds. The lowest BCUT2D eigenvalue weighted by atomic mass is 10.2. The Morgan fingerprint density at radius 3 is 2.71 bits per heavy atom. The van der Waals surface area contributed by atoms with Gasteiger partial charge in [-0.05, 0) is 31.0 Å². The number of carbonyl (C=O) groups is 1. The summed E-state index contributed by atoms with van der Waals surface area (Å²) in [5.41, 5.74) is 7.98. The zero-order valence-electron chi connectivity index (χ0n) is 12.7. The third-order valence-electron chi connectivity index (χ3n) is 2.78. The predicted molar refractivity (Wildman–Crippen MR) is 82.4 cm³/mol. The summed E-state index contributed by atoms with van der Waals surface area (Å²) in [7, 11) is 1.63. The van der Waals surface area contributed by atoms with E-state index in [2.05, 4.69) is 5.32 Å². The number of nitrogens with two attached hydrogens (primary N) is 1. The Balaban J connectivity index is 2.13. The molecule has 0 fully saturated rings. The minimum absolute atomic E-state index is 0.0201. The van der Waals surface area contributed by atoms with Gasteiger partial charge in [0.1, 0.15) is 6.61 Å². The van der Waals surface area contributed by atoms with Crippen LogP contribution in [0.2, 0.25) is 0 Å². The van der Waals surface area contributed by atoms with Crippen molar-refractivity contribution in [1.29, 1.82) is 0 Å². The third kappa shape index (κ3) is 7.65. The van der Waals surface area contributed by atoms with Crippen LogP contribution < -0.4 is 11.1 Å². The van der Waals surface area contributed by atoms with Crippen LogP contribution >= 0.6 is 0 Å². The van der Waals surface area contributed by atoms with Crippen LogP contribution in [0.4, 0.5) is 11.4 Å². The molecule has 6 heteroatoms. The van der Waals surface area contributed by atoms with E-state index in [1.54, 1.807) is 19.2 Å². The first-order valence-electron chi connectivity index (χ1n) is 6.94. The minimum atomic E-state index is -0.191. The molecule has 0 aromatic heterocycles. The van der Waals surface area contributed by atoms with E-state index in [9.17, 15) is 4.79 Å². The van der Waals surface area contributed by atoms with Gasteiger partial charge in [-0.25, -0.2) is 0 Å². The van der Waals surface area contributed by atoms with Crippen molar-refractivity contribution in [2.45, 2.75) is 13.3 Å². The van der Waals surface area contributed by atoms with Crippen molar-refractivity contribution in [3.63, 3.8) is 0 Å². The topological polar surface area (TPSA) is 82.8 Å². The molecule has 1 rings (SSSR count). The molecule has 0 aliphatic carbocycles. The van der Waals surface area contributed by atoms with Gasteiger partial charge in [-0.3, -0.25) is 4.79 Å². The molecule has 0 atom stereocenters. The van der Waals surface area contributed by atoms with Gasteiger partial charge < -0.3 is 25.3 Å². The van der Waals surface area contributed by atoms with Gasteiger partial charge in [0.2, 0.25) is 5.91 Å². The number of carbonyl (C=O) groups excluding carboxylic acids is 1. The third-order valence-corrected chi connectivity index (χ3v) is 2.78. The van der Waals surface area contributed by atoms with E-state index in [-0.39, 0.29) is 12.5 Å². The average molecular weight is 296 g/mol. The lowest BCUT2D eigenvalue weighted by Crippen LogP contribution is -2.19. The van der Waals surface area contributed by atoms with E-state index in [1.165, 1.54) is 0 Å². The summed E-state index contributed by atoms with van der Waals surface area (Å²) < 4.78 is 15.4. The second-order valence-electron chi connectivity index (χ2n) is 4.63. The Labute approximate surface area is 125 Å². The van der Waals surface area contributed by atoms with Crippen LogP contribution in [0.1, 0.15) is 12.0 Å². The standard InChI is InChI=1S/C15H24N2O4/c1-12-4-5-13(16)10-14(12)17-15(18)11-21-7-3-6-20-9-8-19-2/h4-5,10H,3,6-9,11,16H2,1-2H3,(H,17,18). The van der Waals surface area contributed by atoms with Crippen LogP contribution in [0.15, 0.2) is 18.2 Å². The number of nitrogens with one attached hydrogen (secondary N) is 1. The van der Waals surface area contributed by atoms with Crippen molar-refractivity contribution in [3.05, 3.63) is 23.8 Å². The van der Waals surface area contributed by atoms with Gasteiger partial charge in [0, 0.05) is 31.7 Å². The van der Waals surface area contributed by atoms with Crippen LogP contribution in [0.5, 0.6) is 0 Å². The molecule has 6 nitrogen and oxygen atoms in total. The molecule has 0 aliphatic rings. The number of benzene rings is 1. The Morgan fingerprint density at radius 2 is 1.95 bits per heavy atom. The molecule has 1 aromatic carbocycles. The van der Waals surface area contributed by atoms with Crippen molar-refractivity contribution in [3.8, 4) is 0 Å². The van der Waals surface area contributed by atoms with Crippen LogP contribution in [-0.4, -0.2) is 46.1 Å². The highest BCUT2D eigenvalue weighted by atomic mass is 16.5. The Kier molecular flexibility index (Phi) is 8.42. The fourth-order valence-electron chi connectivity index (χ4n) is 1.63. The van der Waals surface area contributed by atoms with Crippen LogP contribution in [0.25, 0.3) is 0 Å². The zero-order chi connectivity index (χ0) is 15.5. The molecule has 118 valence electrons. The first kappa shape index (κ1) is 17.4. The Bertz CT molecular complexity index is 438. The average Bonchev–Trinajstić information content (AvgIpc) is 2.46. The largest absolute Gasteiger partial charge is 0.399 e. The van der Waals surface area contributed by atoms with Crippen molar-refractivity contribution in [2.24, 2.45) is 0 Å². The second-order valence-corrected chi connectivity index (χ2v) is 4.63. The van der Waals surface area contributed by atoms with E-state index in [4.69, 9.17) is 19.9 Å². The molecule has 1 aromatic rings. The lowest BCUT2D eigenvalue weighted by Gasteiger charge is -2.09. The molecule has 0 heterocycles. The maximum absolute atomic E-state index is 11.7. The molecular weight excluding hydrogens is 272 g/mol. The van der Waals surface area contributed by atoms with Crippen molar-refractivity contribution >= 4 is 17.3 Å². The monoisotopic (exact) mass is 296 g/mol. The molecular formula is C15H24N2O4. The van der Waals surface area contributed by atoms with Gasteiger partial charge >= 0.3 is 0 Å². The molecule has 0 saturated carbocycles. The van der Waals surface area contributed by atoms with Crippen LogP contribution in [0.3, 0.4) is 0 Å². The molecule has 0 bridgehead atoms. The molecule has 0 aliphatic heterocycles. The van der Waals surface area contributed by atoms with Gasteiger partial charge in [0.15, 0.2) is 0 Å². The van der Waals surface area contributed by atoms with Gasteiger partial charge in [0.25, 0.3) is 0 Å². The Hall–Kier alpha value is -1.63. The highest BCUT2D eigenvalue weighted by molar-refractivity contribution is 5.92. The summed E-state index contributed by atoms with van der Waals surface area (Å²) >= 11 is 0. The van der Waals surface area contributed by atoms with E-state index < -0.39 is 0 Å². The number of nitrogen functional groups attached to an aromatic ring is 1. The van der Waals surface area contributed by atoms with E-state index in [1.807, 2.05) is 13.0 Å². The van der Waals surface area contributed by atoms with Gasteiger partial charge in [-0.2, -0.15) is 0 Å². The first-order chi connectivity index (χ1) is 10.1. The van der Waals surface area contributed by atoms with E-state index >= 15 is 0 Å². The van der Waals surface area contributed by atoms with Crippen molar-refractivity contribution < 1.29 is 19.0 Å². The molecule has 0 saturated heterocycles. The van der Waals surface area contributed by atoms with E-state index in [0.717, 1.165) is 12.0 Å². The normalized spacial score (nSPS) is 10.6. The predicted octanol–water partition coefficient (Wildman–Crippen LogP) is 1.59. The quantitative estimate of drug-likeness (QED) is 0.506. The second kappa shape index (κ2) is 10.1. The molecule has 3 N–H and O–H groups in total. The smallest absolute Gasteiger partial charge is 0.250 e. The van der Waals surface area contributed by atoms with E-state index in [0.29, 0.717) is 37.8 Å². The summed E-state index contributed by atoms with van der Waals surface area (Å²) in [5.74, 6) is -0.191. The number of hydrogen-bond acceptors (Lipinski definition) is 5. The number of anilines is 2. The van der Waals surface area contributed by atoms with Gasteiger partial charge in [-0.1, -0.05) is 6.07 Å². The number of ether oxygens (including phenoxy) is 3. The number of aryl methyl sites for hydroxylation is 1. The summed E-state index contributed by atoms with van der Waals surface area (Å²) in [6.45, 7) is 4.17. The fraction of sp³-hybridized carbons (Fsp3) is 0.533. The number of methoxy groups -OCH3 is 1. The summed E-state index contributed by atoms with van der Waals surface area (Å²) in [6, 6.07) is 5.39. The molecule has 0 radical (unpaired) electrons. The maximum atomic E-state index is 11.7. The Morgan fingerprint density at radius 1 is 1.19 bits per heavy atom. The van der Waals surface area contributed by atoms with Crippen LogP contribution in [0, 0.1) is 6.92 Å². The highest BCUT2D eigenvalue weighted by Crippen LogP contribution is 2.17. The van der Waals surface area contributed by atoms with Crippen LogP contribution in [-0.2, 0) is 19.0 Å². The number of hydrogen-bond donors (Lipinski definition) is 2. The highest BCUT2D eigenvalue weighted by Gasteiger charge is 2.05. The number of rotatable bonds is 10. The van der Waals surface area contributed by atoms with Crippen molar-refractivity contribution in [1.82, 2.24) is 0 Å². The molecule has 21 heavy (non-hydrogen) atoms. The van der Waals surface area contributed by atoms with Crippen molar-refractivity contribution in [2.75, 3.05) is 51.2 Å². The first-order valence-corrected chi connectivity index (χ1v) is 6.94. The van der Waals surface area contributed by atoms with Gasteiger partial charge in [0.05, 0.1) is 13.2 Å².